The molecule has 0 aromatic heterocycles. The lowest BCUT2D eigenvalue weighted by Gasteiger charge is -1.97. The Morgan fingerprint density at radius 1 is 1.18 bits per heavy atom. The number of unbranched alkanes of at least 4 members (excludes halogenated alkanes) is 3. The highest BCUT2D eigenvalue weighted by Crippen LogP contribution is 2.07. The highest BCUT2D eigenvalue weighted by molar-refractivity contribution is 7.99. The lowest BCUT2D eigenvalue weighted by atomic mass is 10.2. The van der Waals surface area contributed by atoms with Gasteiger partial charge >= 0.3 is 0 Å². The zero-order chi connectivity index (χ0) is 8.36. The average Bonchev–Trinajstić information content (AvgIpc) is 2.03. The summed E-state index contributed by atoms with van der Waals surface area (Å²) in [6.07, 6.45) is 11.3. The summed E-state index contributed by atoms with van der Waals surface area (Å²) in [5, 5.41) is 0. The summed E-state index contributed by atoms with van der Waals surface area (Å²) in [4.78, 5) is 0. The molecule has 0 aromatic rings. The number of rotatable bonds is 7. The van der Waals surface area contributed by atoms with Crippen molar-refractivity contribution in [3.05, 3.63) is 0 Å². The van der Waals surface area contributed by atoms with E-state index in [9.17, 15) is 0 Å². The van der Waals surface area contributed by atoms with Gasteiger partial charge in [0.15, 0.2) is 0 Å². The van der Waals surface area contributed by atoms with Crippen LogP contribution in [0.5, 0.6) is 0 Å². The summed E-state index contributed by atoms with van der Waals surface area (Å²) in [6.45, 7) is 2.23. The van der Waals surface area contributed by atoms with Crippen LogP contribution in [0.4, 0.5) is 0 Å². The minimum absolute atomic E-state index is 0.957. The second-order valence-electron chi connectivity index (χ2n) is 2.63. The van der Waals surface area contributed by atoms with E-state index in [0.717, 1.165) is 6.42 Å². The molecule has 0 atom stereocenters. The summed E-state index contributed by atoms with van der Waals surface area (Å²) >= 11 is 2.06. The molecular weight excluding hydrogens is 152 g/mol. The molecule has 0 amide bonds. The van der Waals surface area contributed by atoms with E-state index in [1.165, 1.54) is 37.2 Å². The fourth-order valence-electron chi connectivity index (χ4n) is 0.854. The third-order valence-corrected chi connectivity index (χ3v) is 2.73. The first-order chi connectivity index (χ1) is 5.41. The Hall–Kier alpha value is -0.0900. The molecule has 0 fully saturated rings. The summed E-state index contributed by atoms with van der Waals surface area (Å²) in [7, 11) is 0. The van der Waals surface area contributed by atoms with Crippen LogP contribution in [0.15, 0.2) is 0 Å². The zero-order valence-electron chi connectivity index (χ0n) is 7.44. The largest absolute Gasteiger partial charge is 0.162 e. The van der Waals surface area contributed by atoms with Crippen molar-refractivity contribution in [2.75, 3.05) is 11.5 Å². The SMILES string of the molecule is C#CCCCCCSCCC. The fraction of sp³-hybridized carbons (Fsp3) is 0.800. The maximum atomic E-state index is 5.14. The Morgan fingerprint density at radius 3 is 2.64 bits per heavy atom. The van der Waals surface area contributed by atoms with Crippen LogP contribution in [0, 0.1) is 12.3 Å². The van der Waals surface area contributed by atoms with Crippen LogP contribution in [0.1, 0.15) is 39.0 Å². The molecule has 0 aliphatic carbocycles. The van der Waals surface area contributed by atoms with Crippen LogP contribution >= 0.6 is 11.8 Å². The Balaban J connectivity index is 2.75. The predicted octanol–water partition coefficient (Wildman–Crippen LogP) is 3.32. The highest BCUT2D eigenvalue weighted by atomic mass is 32.2. The third-order valence-electron chi connectivity index (χ3n) is 1.46. The molecule has 11 heavy (non-hydrogen) atoms. The van der Waals surface area contributed by atoms with Gasteiger partial charge in [-0.2, -0.15) is 11.8 Å². The first kappa shape index (κ1) is 10.9. The van der Waals surface area contributed by atoms with Gasteiger partial charge in [0, 0.05) is 6.42 Å². The lowest BCUT2D eigenvalue weighted by molar-refractivity contribution is 0.743. The number of terminal acetylenes is 1. The van der Waals surface area contributed by atoms with Gasteiger partial charge in [-0.25, -0.2) is 0 Å². The van der Waals surface area contributed by atoms with E-state index in [4.69, 9.17) is 6.42 Å². The molecule has 0 rings (SSSR count). The van der Waals surface area contributed by atoms with Crippen molar-refractivity contribution in [3.8, 4) is 12.3 Å². The fourth-order valence-corrected chi connectivity index (χ4v) is 1.76. The molecule has 1 heteroatoms. The molecule has 0 N–H and O–H groups in total. The first-order valence-electron chi connectivity index (χ1n) is 4.43. The van der Waals surface area contributed by atoms with Crippen molar-refractivity contribution in [2.45, 2.75) is 39.0 Å². The molecule has 0 aliphatic heterocycles. The molecule has 64 valence electrons. The molecule has 0 saturated carbocycles. The molecule has 0 nitrogen and oxygen atoms in total. The van der Waals surface area contributed by atoms with Crippen LogP contribution in [0.3, 0.4) is 0 Å². The van der Waals surface area contributed by atoms with Crippen LogP contribution in [0.25, 0.3) is 0 Å². The molecule has 0 aromatic carbocycles. The van der Waals surface area contributed by atoms with Crippen molar-refractivity contribution in [3.63, 3.8) is 0 Å². The predicted molar refractivity (Wildman–Crippen MR) is 54.9 cm³/mol. The van der Waals surface area contributed by atoms with Gasteiger partial charge in [0.05, 0.1) is 0 Å². The van der Waals surface area contributed by atoms with Crippen LogP contribution in [-0.2, 0) is 0 Å². The zero-order valence-corrected chi connectivity index (χ0v) is 8.25. The highest BCUT2D eigenvalue weighted by Gasteiger charge is 1.88. The minimum atomic E-state index is 0.957. The number of hydrogen-bond donors (Lipinski definition) is 0. The summed E-state index contributed by atoms with van der Waals surface area (Å²) in [5.41, 5.74) is 0. The Labute approximate surface area is 75.1 Å². The maximum absolute atomic E-state index is 5.14. The molecule has 0 heterocycles. The van der Waals surface area contributed by atoms with E-state index in [1.807, 2.05) is 0 Å². The molecule has 0 unspecified atom stereocenters. The van der Waals surface area contributed by atoms with Gasteiger partial charge in [-0.3, -0.25) is 0 Å². The van der Waals surface area contributed by atoms with E-state index < -0.39 is 0 Å². The Morgan fingerprint density at radius 2 is 2.00 bits per heavy atom. The van der Waals surface area contributed by atoms with Gasteiger partial charge in [-0.05, 0) is 30.8 Å². The van der Waals surface area contributed by atoms with E-state index in [-0.39, 0.29) is 0 Å². The van der Waals surface area contributed by atoms with Crippen molar-refractivity contribution in [1.29, 1.82) is 0 Å². The Bertz CT molecular complexity index is 102. The van der Waals surface area contributed by atoms with Crippen molar-refractivity contribution < 1.29 is 0 Å². The average molecular weight is 170 g/mol. The second kappa shape index (κ2) is 9.91. The van der Waals surface area contributed by atoms with Crippen LogP contribution in [-0.4, -0.2) is 11.5 Å². The van der Waals surface area contributed by atoms with Gasteiger partial charge in [0.25, 0.3) is 0 Å². The quantitative estimate of drug-likeness (QED) is 0.417. The first-order valence-corrected chi connectivity index (χ1v) is 5.58. The van der Waals surface area contributed by atoms with Gasteiger partial charge in [-0.1, -0.05) is 13.3 Å². The molecular formula is C10H18S. The monoisotopic (exact) mass is 170 g/mol. The summed E-state index contributed by atoms with van der Waals surface area (Å²) < 4.78 is 0. The van der Waals surface area contributed by atoms with E-state index >= 15 is 0 Å². The van der Waals surface area contributed by atoms with E-state index in [2.05, 4.69) is 24.6 Å². The van der Waals surface area contributed by atoms with Crippen molar-refractivity contribution in [1.82, 2.24) is 0 Å². The van der Waals surface area contributed by atoms with Gasteiger partial charge in [0.2, 0.25) is 0 Å². The summed E-state index contributed by atoms with van der Waals surface area (Å²) in [5.74, 6) is 5.30. The van der Waals surface area contributed by atoms with E-state index in [0.29, 0.717) is 0 Å². The molecule has 0 bridgehead atoms. The molecule has 0 radical (unpaired) electrons. The lowest BCUT2D eigenvalue weighted by Crippen LogP contribution is -1.82. The standard InChI is InChI=1S/C10H18S/c1-3-5-6-7-8-10-11-9-4-2/h1H,4-10H2,2H3. The normalized spacial score (nSPS) is 9.45. The van der Waals surface area contributed by atoms with Crippen molar-refractivity contribution >= 4 is 11.8 Å². The van der Waals surface area contributed by atoms with Gasteiger partial charge in [0.1, 0.15) is 0 Å². The minimum Gasteiger partial charge on any atom is -0.162 e. The molecule has 0 spiro atoms. The van der Waals surface area contributed by atoms with Crippen LogP contribution in [0.2, 0.25) is 0 Å². The maximum Gasteiger partial charge on any atom is 0.00860 e. The smallest absolute Gasteiger partial charge is 0.00860 e. The van der Waals surface area contributed by atoms with E-state index in [1.54, 1.807) is 0 Å². The topological polar surface area (TPSA) is 0 Å². The Kier molecular flexibility index (Phi) is 9.83. The van der Waals surface area contributed by atoms with Crippen LogP contribution < -0.4 is 0 Å². The van der Waals surface area contributed by atoms with Crippen molar-refractivity contribution in [2.24, 2.45) is 0 Å². The number of hydrogen-bond acceptors (Lipinski definition) is 1. The van der Waals surface area contributed by atoms with Gasteiger partial charge in [-0.15, -0.1) is 12.3 Å². The number of thioether (sulfide) groups is 1. The summed E-state index contributed by atoms with van der Waals surface area (Å²) in [6, 6.07) is 0. The molecule has 0 aliphatic rings. The second-order valence-corrected chi connectivity index (χ2v) is 3.85. The van der Waals surface area contributed by atoms with Gasteiger partial charge < -0.3 is 0 Å². The molecule has 0 saturated heterocycles. The third kappa shape index (κ3) is 9.91.